The van der Waals surface area contributed by atoms with E-state index in [0.717, 1.165) is 5.56 Å². The Kier molecular flexibility index (Phi) is 5.54. The van der Waals surface area contributed by atoms with Gasteiger partial charge in [0.1, 0.15) is 0 Å². The van der Waals surface area contributed by atoms with Crippen molar-refractivity contribution in [3.63, 3.8) is 0 Å². The zero-order valence-electron chi connectivity index (χ0n) is 11.4. The van der Waals surface area contributed by atoms with E-state index in [1.165, 1.54) is 13.0 Å². The molecule has 0 radical (unpaired) electrons. The SMILES string of the molecule is C/C=C/C=C/C(=O)Nc1cccc(NC(C)=O)c1C. The molecule has 1 aromatic carbocycles. The van der Waals surface area contributed by atoms with Gasteiger partial charge < -0.3 is 10.6 Å². The van der Waals surface area contributed by atoms with Gasteiger partial charge in [-0.05, 0) is 31.5 Å². The standard InChI is InChI=1S/C15H18N2O2/c1-4-5-6-10-15(19)17-14-9-7-8-13(11(14)2)16-12(3)18/h4-10H,1-3H3,(H,16,18)(H,17,19)/b5-4+,10-6+. The number of benzene rings is 1. The molecule has 0 atom stereocenters. The molecule has 0 saturated carbocycles. The summed E-state index contributed by atoms with van der Waals surface area (Å²) >= 11 is 0. The van der Waals surface area contributed by atoms with Crippen LogP contribution in [0.1, 0.15) is 19.4 Å². The number of allylic oxidation sites excluding steroid dienone is 3. The predicted molar refractivity (Wildman–Crippen MR) is 78.1 cm³/mol. The fourth-order valence-electron chi connectivity index (χ4n) is 1.52. The number of hydrogen-bond acceptors (Lipinski definition) is 2. The largest absolute Gasteiger partial charge is 0.326 e. The molecule has 0 saturated heterocycles. The highest BCUT2D eigenvalue weighted by Crippen LogP contribution is 2.23. The molecule has 0 fully saturated rings. The lowest BCUT2D eigenvalue weighted by atomic mass is 10.1. The van der Waals surface area contributed by atoms with Gasteiger partial charge >= 0.3 is 0 Å². The minimum Gasteiger partial charge on any atom is -0.326 e. The monoisotopic (exact) mass is 258 g/mol. The van der Waals surface area contributed by atoms with Crippen LogP contribution in [-0.2, 0) is 9.59 Å². The van der Waals surface area contributed by atoms with Gasteiger partial charge in [0.25, 0.3) is 0 Å². The first-order valence-electron chi connectivity index (χ1n) is 6.02. The number of amides is 2. The Morgan fingerprint density at radius 3 is 2.32 bits per heavy atom. The van der Waals surface area contributed by atoms with Crippen LogP contribution in [0.2, 0.25) is 0 Å². The summed E-state index contributed by atoms with van der Waals surface area (Å²) in [7, 11) is 0. The molecule has 19 heavy (non-hydrogen) atoms. The maximum Gasteiger partial charge on any atom is 0.248 e. The normalized spacial score (nSPS) is 10.9. The average Bonchev–Trinajstić information content (AvgIpc) is 2.34. The third-order valence-electron chi connectivity index (χ3n) is 2.45. The van der Waals surface area contributed by atoms with Gasteiger partial charge in [-0.3, -0.25) is 9.59 Å². The van der Waals surface area contributed by atoms with Crippen molar-refractivity contribution in [3.05, 3.63) is 48.1 Å². The Balaban J connectivity index is 2.84. The lowest BCUT2D eigenvalue weighted by Crippen LogP contribution is -2.11. The number of carbonyl (C=O) groups is 2. The zero-order valence-corrected chi connectivity index (χ0v) is 11.4. The quantitative estimate of drug-likeness (QED) is 0.644. The van der Waals surface area contributed by atoms with E-state index in [1.807, 2.05) is 19.9 Å². The summed E-state index contributed by atoms with van der Waals surface area (Å²) in [6.45, 7) is 5.17. The molecule has 4 nitrogen and oxygen atoms in total. The minimum atomic E-state index is -0.207. The Hall–Kier alpha value is -2.36. The molecule has 2 amide bonds. The number of anilines is 2. The van der Waals surface area contributed by atoms with E-state index in [2.05, 4.69) is 10.6 Å². The Bertz CT molecular complexity index is 531. The van der Waals surface area contributed by atoms with Crippen LogP contribution in [-0.4, -0.2) is 11.8 Å². The van der Waals surface area contributed by atoms with Crippen molar-refractivity contribution in [3.8, 4) is 0 Å². The van der Waals surface area contributed by atoms with Crippen molar-refractivity contribution in [2.24, 2.45) is 0 Å². The van der Waals surface area contributed by atoms with Gasteiger partial charge in [0, 0.05) is 24.4 Å². The lowest BCUT2D eigenvalue weighted by Gasteiger charge is -2.11. The highest BCUT2D eigenvalue weighted by atomic mass is 16.2. The van der Waals surface area contributed by atoms with Crippen LogP contribution in [0.3, 0.4) is 0 Å². The Morgan fingerprint density at radius 1 is 1.11 bits per heavy atom. The summed E-state index contributed by atoms with van der Waals surface area (Å²) in [6.07, 6.45) is 6.74. The van der Waals surface area contributed by atoms with E-state index in [1.54, 1.807) is 30.4 Å². The second-order valence-electron chi connectivity index (χ2n) is 4.03. The number of rotatable bonds is 4. The van der Waals surface area contributed by atoms with Crippen molar-refractivity contribution in [1.29, 1.82) is 0 Å². The molecule has 2 N–H and O–H groups in total. The smallest absolute Gasteiger partial charge is 0.248 e. The number of nitrogens with one attached hydrogen (secondary N) is 2. The van der Waals surface area contributed by atoms with Crippen LogP contribution in [0.4, 0.5) is 11.4 Å². The van der Waals surface area contributed by atoms with E-state index >= 15 is 0 Å². The highest BCUT2D eigenvalue weighted by Gasteiger charge is 2.06. The molecule has 0 aliphatic carbocycles. The summed E-state index contributed by atoms with van der Waals surface area (Å²) < 4.78 is 0. The molecule has 0 unspecified atom stereocenters. The first-order chi connectivity index (χ1) is 9.04. The van der Waals surface area contributed by atoms with Crippen molar-refractivity contribution in [2.45, 2.75) is 20.8 Å². The second kappa shape index (κ2) is 7.16. The first-order valence-corrected chi connectivity index (χ1v) is 6.02. The van der Waals surface area contributed by atoms with Gasteiger partial charge in [0.2, 0.25) is 11.8 Å². The second-order valence-corrected chi connectivity index (χ2v) is 4.03. The van der Waals surface area contributed by atoms with Crippen LogP contribution >= 0.6 is 0 Å². The maximum absolute atomic E-state index is 11.7. The van der Waals surface area contributed by atoms with Crippen molar-refractivity contribution in [1.82, 2.24) is 0 Å². The maximum atomic E-state index is 11.7. The molecule has 0 bridgehead atoms. The van der Waals surface area contributed by atoms with Gasteiger partial charge in [0.05, 0.1) is 0 Å². The highest BCUT2D eigenvalue weighted by molar-refractivity contribution is 6.01. The van der Waals surface area contributed by atoms with Gasteiger partial charge in [-0.2, -0.15) is 0 Å². The summed E-state index contributed by atoms with van der Waals surface area (Å²) in [5.41, 5.74) is 2.20. The molecule has 0 heterocycles. The van der Waals surface area contributed by atoms with Gasteiger partial charge in [-0.25, -0.2) is 0 Å². The molecule has 0 aromatic heterocycles. The van der Waals surface area contributed by atoms with Crippen LogP contribution < -0.4 is 10.6 Å². The first kappa shape index (κ1) is 14.7. The molecular formula is C15H18N2O2. The van der Waals surface area contributed by atoms with Gasteiger partial charge in [0.15, 0.2) is 0 Å². The molecule has 0 aliphatic rings. The van der Waals surface area contributed by atoms with Crippen LogP contribution in [0.5, 0.6) is 0 Å². The summed E-state index contributed by atoms with van der Waals surface area (Å²) in [5.74, 6) is -0.347. The molecule has 0 aliphatic heterocycles. The molecule has 1 aromatic rings. The van der Waals surface area contributed by atoms with E-state index in [0.29, 0.717) is 11.4 Å². The average molecular weight is 258 g/mol. The molecule has 100 valence electrons. The zero-order chi connectivity index (χ0) is 14.3. The summed E-state index contributed by atoms with van der Waals surface area (Å²) in [5, 5.41) is 5.49. The molecule has 1 rings (SSSR count). The van der Waals surface area contributed by atoms with Gasteiger partial charge in [-0.15, -0.1) is 0 Å². The Morgan fingerprint density at radius 2 is 1.74 bits per heavy atom. The fourth-order valence-corrected chi connectivity index (χ4v) is 1.52. The van der Waals surface area contributed by atoms with Crippen LogP contribution in [0, 0.1) is 6.92 Å². The van der Waals surface area contributed by atoms with E-state index in [4.69, 9.17) is 0 Å². The van der Waals surface area contributed by atoms with Crippen molar-refractivity contribution in [2.75, 3.05) is 10.6 Å². The topological polar surface area (TPSA) is 58.2 Å². The number of hydrogen-bond donors (Lipinski definition) is 2. The third kappa shape index (κ3) is 4.79. The lowest BCUT2D eigenvalue weighted by molar-refractivity contribution is -0.114. The molecule has 0 spiro atoms. The summed E-state index contributed by atoms with van der Waals surface area (Å²) in [6, 6.07) is 5.37. The van der Waals surface area contributed by atoms with E-state index in [-0.39, 0.29) is 11.8 Å². The summed E-state index contributed by atoms with van der Waals surface area (Å²) in [4.78, 5) is 22.7. The van der Waals surface area contributed by atoms with E-state index < -0.39 is 0 Å². The van der Waals surface area contributed by atoms with E-state index in [9.17, 15) is 9.59 Å². The molecular weight excluding hydrogens is 240 g/mol. The minimum absolute atomic E-state index is 0.139. The predicted octanol–water partition coefficient (Wildman–Crippen LogP) is 3.02. The van der Waals surface area contributed by atoms with Crippen molar-refractivity contribution < 1.29 is 9.59 Å². The van der Waals surface area contributed by atoms with Crippen LogP contribution in [0.15, 0.2) is 42.5 Å². The number of carbonyl (C=O) groups excluding carboxylic acids is 2. The Labute approximate surface area is 113 Å². The third-order valence-corrected chi connectivity index (χ3v) is 2.45. The van der Waals surface area contributed by atoms with Crippen LogP contribution in [0.25, 0.3) is 0 Å². The molecule has 4 heteroatoms. The van der Waals surface area contributed by atoms with Crippen molar-refractivity contribution >= 4 is 23.2 Å². The fraction of sp³-hybridized carbons (Fsp3) is 0.200. The van der Waals surface area contributed by atoms with Gasteiger partial charge in [-0.1, -0.05) is 24.3 Å².